The van der Waals surface area contributed by atoms with Gasteiger partial charge in [-0.25, -0.2) is 0 Å². The molecule has 0 bridgehead atoms. The molecule has 0 aliphatic rings. The van der Waals surface area contributed by atoms with Crippen LogP contribution in [0.3, 0.4) is 0 Å². The topological polar surface area (TPSA) is 115 Å². The van der Waals surface area contributed by atoms with Gasteiger partial charge >= 0.3 is 0 Å². The van der Waals surface area contributed by atoms with Crippen molar-refractivity contribution in [1.82, 2.24) is 34.5 Å². The molecule has 0 atom stereocenters. The van der Waals surface area contributed by atoms with Crippen molar-refractivity contribution in [1.29, 1.82) is 0 Å². The summed E-state index contributed by atoms with van der Waals surface area (Å²) in [7, 11) is 1.88. The molecule has 0 fully saturated rings. The molecule has 0 saturated heterocycles. The average molecular weight is 416 g/mol. The number of benzene rings is 1. The number of hydrogen-bond donors (Lipinski definition) is 3. The van der Waals surface area contributed by atoms with Gasteiger partial charge in [0.1, 0.15) is 11.5 Å². The minimum absolute atomic E-state index is 0.197. The highest BCUT2D eigenvalue weighted by Gasteiger charge is 2.21. The Morgan fingerprint density at radius 2 is 1.90 bits per heavy atom. The van der Waals surface area contributed by atoms with Crippen molar-refractivity contribution in [2.24, 2.45) is 7.05 Å². The first-order valence-electron chi connectivity index (χ1n) is 10.2. The fourth-order valence-corrected chi connectivity index (χ4v) is 4.09. The van der Waals surface area contributed by atoms with Crippen molar-refractivity contribution in [2.75, 3.05) is 11.1 Å². The van der Waals surface area contributed by atoms with Gasteiger partial charge in [-0.15, -0.1) is 0 Å². The van der Waals surface area contributed by atoms with Gasteiger partial charge in [0.25, 0.3) is 0 Å². The summed E-state index contributed by atoms with van der Waals surface area (Å²) in [5, 5.41) is 16.8. The fourth-order valence-electron chi connectivity index (χ4n) is 4.09. The first-order chi connectivity index (χ1) is 14.8. The number of rotatable bonds is 4. The number of nitrogens with one attached hydrogen (secondary N) is 2. The first kappa shape index (κ1) is 19.1. The zero-order valence-corrected chi connectivity index (χ0v) is 18.2. The molecule has 4 aromatic heterocycles. The van der Waals surface area contributed by atoms with Crippen LogP contribution in [0.1, 0.15) is 31.1 Å². The second-order valence-corrected chi connectivity index (χ2v) is 8.25. The third-order valence-corrected chi connectivity index (χ3v) is 5.51. The summed E-state index contributed by atoms with van der Waals surface area (Å²) >= 11 is 0. The molecule has 0 aliphatic carbocycles. The molecule has 0 amide bonds. The largest absolute Gasteiger partial charge is 0.383 e. The molecular weight excluding hydrogens is 390 g/mol. The summed E-state index contributed by atoms with van der Waals surface area (Å²) in [5.41, 5.74) is 13.2. The maximum absolute atomic E-state index is 6.51. The Balaban J connectivity index is 1.74. The Labute approximate surface area is 179 Å². The monoisotopic (exact) mass is 415 g/mol. The van der Waals surface area contributed by atoms with Crippen LogP contribution in [0.5, 0.6) is 0 Å². The molecule has 9 nitrogen and oxygen atoms in total. The summed E-state index contributed by atoms with van der Waals surface area (Å²) in [6, 6.07) is 4.44. The van der Waals surface area contributed by atoms with E-state index in [0.29, 0.717) is 11.8 Å². The lowest BCUT2D eigenvalue weighted by atomic mass is 10.00. The minimum Gasteiger partial charge on any atom is -0.383 e. The summed E-state index contributed by atoms with van der Waals surface area (Å²) in [5.74, 6) is 0.881. The van der Waals surface area contributed by atoms with E-state index in [1.807, 2.05) is 26.4 Å². The summed E-state index contributed by atoms with van der Waals surface area (Å²) in [4.78, 5) is 9.42. The summed E-state index contributed by atoms with van der Waals surface area (Å²) in [6.45, 7) is 8.27. The van der Waals surface area contributed by atoms with Crippen LogP contribution >= 0.6 is 0 Å². The Bertz CT molecular complexity index is 1430. The summed E-state index contributed by atoms with van der Waals surface area (Å²) in [6.07, 6.45) is 5.86. The average Bonchev–Trinajstić information content (AvgIpc) is 3.38. The van der Waals surface area contributed by atoms with E-state index in [1.54, 1.807) is 4.68 Å². The number of aromatic nitrogens is 7. The highest BCUT2D eigenvalue weighted by Crippen LogP contribution is 2.39. The highest BCUT2D eigenvalue weighted by atomic mass is 15.3. The van der Waals surface area contributed by atoms with E-state index >= 15 is 0 Å². The second kappa shape index (κ2) is 6.83. The quantitative estimate of drug-likeness (QED) is 0.404. The van der Waals surface area contributed by atoms with Gasteiger partial charge in [-0.2, -0.15) is 20.2 Å². The predicted octanol–water partition coefficient (Wildman–Crippen LogP) is 4.23. The number of aromatic amines is 1. The summed E-state index contributed by atoms with van der Waals surface area (Å²) < 4.78 is 3.89. The molecule has 31 heavy (non-hydrogen) atoms. The standard InChI is InChI=1S/C22H25N9/c1-11(2)31-9-16(14-6-12(3)7-17-15(14)8-24-28-17)19-20(23)26-22(27-21(19)31)25-18-10-30(5)29-13(18)4/h6-11H,1-5H3,(H,24,28)(H3,23,25,26,27). The molecule has 0 saturated carbocycles. The van der Waals surface area contributed by atoms with Gasteiger partial charge in [-0.05, 0) is 44.9 Å². The molecule has 4 N–H and O–H groups in total. The number of hydrogen-bond acceptors (Lipinski definition) is 6. The molecule has 1 aromatic carbocycles. The fraction of sp³-hybridized carbons (Fsp3) is 0.273. The van der Waals surface area contributed by atoms with Crippen LogP contribution < -0.4 is 11.1 Å². The maximum Gasteiger partial charge on any atom is 0.231 e. The number of fused-ring (bicyclic) bond motifs is 2. The van der Waals surface area contributed by atoms with Crippen molar-refractivity contribution in [3.63, 3.8) is 0 Å². The van der Waals surface area contributed by atoms with Crippen molar-refractivity contribution in [3.8, 4) is 11.1 Å². The van der Waals surface area contributed by atoms with Crippen LogP contribution in [-0.2, 0) is 7.05 Å². The van der Waals surface area contributed by atoms with Crippen LogP contribution in [0.25, 0.3) is 33.1 Å². The molecule has 5 rings (SSSR count). The van der Waals surface area contributed by atoms with Gasteiger partial charge in [0.2, 0.25) is 5.95 Å². The van der Waals surface area contributed by atoms with E-state index in [9.17, 15) is 0 Å². The van der Waals surface area contributed by atoms with Gasteiger partial charge in [0.05, 0.1) is 28.5 Å². The molecular formula is C22H25N9. The third-order valence-electron chi connectivity index (χ3n) is 5.51. The maximum atomic E-state index is 6.51. The Hall–Kier alpha value is -3.88. The lowest BCUT2D eigenvalue weighted by Gasteiger charge is -2.10. The molecule has 0 unspecified atom stereocenters. The highest BCUT2D eigenvalue weighted by molar-refractivity contribution is 6.07. The Morgan fingerprint density at radius 1 is 1.10 bits per heavy atom. The zero-order chi connectivity index (χ0) is 21.9. The second-order valence-electron chi connectivity index (χ2n) is 8.25. The molecule has 9 heteroatoms. The van der Waals surface area contributed by atoms with E-state index in [0.717, 1.165) is 50.0 Å². The van der Waals surface area contributed by atoms with Crippen molar-refractivity contribution >= 4 is 39.4 Å². The molecule has 0 spiro atoms. The number of nitrogen functional groups attached to an aromatic ring is 1. The van der Waals surface area contributed by atoms with Crippen LogP contribution in [0.4, 0.5) is 17.5 Å². The minimum atomic E-state index is 0.197. The molecule has 5 aromatic rings. The van der Waals surface area contributed by atoms with Crippen molar-refractivity contribution in [3.05, 3.63) is 42.0 Å². The SMILES string of the molecule is Cc1cc(-c2cn(C(C)C)c3nc(Nc4cn(C)nc4C)nc(N)c23)c2cn[nH]c2c1. The van der Waals surface area contributed by atoms with Gasteiger partial charge in [-0.1, -0.05) is 6.07 Å². The Morgan fingerprint density at radius 3 is 2.61 bits per heavy atom. The Kier molecular flexibility index (Phi) is 4.21. The van der Waals surface area contributed by atoms with Gasteiger partial charge < -0.3 is 15.6 Å². The molecule has 0 radical (unpaired) electrons. The third kappa shape index (κ3) is 3.09. The molecule has 4 heterocycles. The first-order valence-corrected chi connectivity index (χ1v) is 10.2. The van der Waals surface area contributed by atoms with Crippen LogP contribution in [0.2, 0.25) is 0 Å². The number of nitrogens with two attached hydrogens (primary N) is 1. The number of aryl methyl sites for hydroxylation is 3. The lowest BCUT2D eigenvalue weighted by Crippen LogP contribution is -2.05. The molecule has 158 valence electrons. The van der Waals surface area contributed by atoms with Gasteiger partial charge in [0, 0.05) is 36.4 Å². The van der Waals surface area contributed by atoms with E-state index in [1.165, 1.54) is 0 Å². The van der Waals surface area contributed by atoms with Gasteiger partial charge in [-0.3, -0.25) is 9.78 Å². The predicted molar refractivity (Wildman–Crippen MR) is 123 cm³/mol. The lowest BCUT2D eigenvalue weighted by molar-refractivity contribution is 0.618. The molecule has 0 aliphatic heterocycles. The van der Waals surface area contributed by atoms with Crippen LogP contribution in [0.15, 0.2) is 30.7 Å². The smallest absolute Gasteiger partial charge is 0.231 e. The number of nitrogens with zero attached hydrogens (tertiary/aromatic N) is 6. The van der Waals surface area contributed by atoms with E-state index in [-0.39, 0.29) is 6.04 Å². The van der Waals surface area contributed by atoms with Crippen molar-refractivity contribution < 1.29 is 0 Å². The number of anilines is 3. The van der Waals surface area contributed by atoms with Gasteiger partial charge in [0.15, 0.2) is 0 Å². The normalized spacial score (nSPS) is 11.8. The zero-order valence-electron chi connectivity index (χ0n) is 18.2. The van der Waals surface area contributed by atoms with E-state index in [2.05, 4.69) is 69.3 Å². The van der Waals surface area contributed by atoms with E-state index < -0.39 is 0 Å². The van der Waals surface area contributed by atoms with Crippen LogP contribution in [-0.4, -0.2) is 34.5 Å². The number of H-pyrrole nitrogens is 1. The van der Waals surface area contributed by atoms with E-state index in [4.69, 9.17) is 10.7 Å². The van der Waals surface area contributed by atoms with Crippen molar-refractivity contribution in [2.45, 2.75) is 33.7 Å². The van der Waals surface area contributed by atoms with Crippen LogP contribution in [0, 0.1) is 13.8 Å².